The topological polar surface area (TPSA) is 76.1 Å². The standard InChI is InChI=1S/C20H16N2O3S2/c1-2-27(24,25)15-10-7-14(8-11-15)19(23)22-20-21-18-16-6-4-3-5-13(16)9-12-17(18)26-20/h3-12H,2H2,1H3,(H,21,22,23). The Labute approximate surface area is 160 Å². The van der Waals surface area contributed by atoms with E-state index in [0.29, 0.717) is 10.7 Å². The zero-order valence-electron chi connectivity index (χ0n) is 14.5. The molecule has 4 aromatic rings. The van der Waals surface area contributed by atoms with Gasteiger partial charge in [-0.3, -0.25) is 10.1 Å². The number of aromatic nitrogens is 1. The van der Waals surface area contributed by atoms with Gasteiger partial charge in [0.15, 0.2) is 15.0 Å². The highest BCUT2D eigenvalue weighted by molar-refractivity contribution is 7.91. The summed E-state index contributed by atoms with van der Waals surface area (Å²) in [6.07, 6.45) is 0. The molecule has 0 saturated heterocycles. The van der Waals surface area contributed by atoms with Gasteiger partial charge in [0.1, 0.15) is 0 Å². The lowest BCUT2D eigenvalue weighted by Gasteiger charge is -2.04. The Bertz CT molecular complexity index is 1260. The molecule has 3 aromatic carbocycles. The number of hydrogen-bond donors (Lipinski definition) is 1. The number of sulfone groups is 1. The van der Waals surface area contributed by atoms with Crippen LogP contribution in [0.25, 0.3) is 21.0 Å². The summed E-state index contributed by atoms with van der Waals surface area (Å²) in [6, 6.07) is 18.0. The molecule has 0 spiro atoms. The van der Waals surface area contributed by atoms with E-state index in [9.17, 15) is 13.2 Å². The SMILES string of the molecule is CCS(=O)(=O)c1ccc(C(=O)Nc2nc3c(ccc4ccccc43)s2)cc1. The quantitative estimate of drug-likeness (QED) is 0.551. The third-order valence-electron chi connectivity index (χ3n) is 4.36. The first-order chi connectivity index (χ1) is 13.0. The smallest absolute Gasteiger partial charge is 0.257 e. The highest BCUT2D eigenvalue weighted by Crippen LogP contribution is 2.31. The second kappa shape index (κ2) is 6.75. The number of thiazole rings is 1. The molecule has 0 saturated carbocycles. The lowest BCUT2D eigenvalue weighted by atomic mass is 10.1. The van der Waals surface area contributed by atoms with Crippen molar-refractivity contribution < 1.29 is 13.2 Å². The highest BCUT2D eigenvalue weighted by Gasteiger charge is 2.14. The number of nitrogens with one attached hydrogen (secondary N) is 1. The summed E-state index contributed by atoms with van der Waals surface area (Å²) >= 11 is 1.41. The number of hydrogen-bond acceptors (Lipinski definition) is 5. The fraction of sp³-hybridized carbons (Fsp3) is 0.100. The number of rotatable bonds is 4. The van der Waals surface area contributed by atoms with Gasteiger partial charge in [0.05, 0.1) is 20.9 Å². The maximum Gasteiger partial charge on any atom is 0.257 e. The van der Waals surface area contributed by atoms with Crippen LogP contribution in [0, 0.1) is 0 Å². The van der Waals surface area contributed by atoms with Crippen molar-refractivity contribution in [2.45, 2.75) is 11.8 Å². The first-order valence-corrected chi connectivity index (χ1v) is 10.9. The first-order valence-electron chi connectivity index (χ1n) is 8.40. The highest BCUT2D eigenvalue weighted by atomic mass is 32.2. The summed E-state index contributed by atoms with van der Waals surface area (Å²) in [5.74, 6) is -0.295. The number of nitrogens with zero attached hydrogens (tertiary/aromatic N) is 1. The zero-order valence-corrected chi connectivity index (χ0v) is 16.1. The minimum absolute atomic E-state index is 0.0260. The van der Waals surface area contributed by atoms with Gasteiger partial charge in [-0.2, -0.15) is 0 Å². The molecule has 0 unspecified atom stereocenters. The van der Waals surface area contributed by atoms with Crippen molar-refractivity contribution in [1.82, 2.24) is 4.98 Å². The average Bonchev–Trinajstić information content (AvgIpc) is 3.11. The summed E-state index contributed by atoms with van der Waals surface area (Å²) in [4.78, 5) is 17.3. The van der Waals surface area contributed by atoms with Crippen molar-refractivity contribution in [3.8, 4) is 0 Å². The van der Waals surface area contributed by atoms with Crippen LogP contribution < -0.4 is 5.32 Å². The van der Waals surface area contributed by atoms with Crippen LogP contribution >= 0.6 is 11.3 Å². The van der Waals surface area contributed by atoms with E-state index in [2.05, 4.69) is 10.3 Å². The lowest BCUT2D eigenvalue weighted by molar-refractivity contribution is 0.102. The van der Waals surface area contributed by atoms with E-state index >= 15 is 0 Å². The van der Waals surface area contributed by atoms with Gasteiger partial charge in [0, 0.05) is 10.9 Å². The van der Waals surface area contributed by atoms with Gasteiger partial charge < -0.3 is 0 Å². The number of fused-ring (bicyclic) bond motifs is 3. The second-order valence-electron chi connectivity index (χ2n) is 6.03. The Hall–Kier alpha value is -2.77. The molecule has 0 radical (unpaired) electrons. The van der Waals surface area contributed by atoms with Crippen LogP contribution in [-0.4, -0.2) is 25.1 Å². The summed E-state index contributed by atoms with van der Waals surface area (Å²) in [6.45, 7) is 1.59. The van der Waals surface area contributed by atoms with Crippen molar-refractivity contribution in [1.29, 1.82) is 0 Å². The predicted molar refractivity (Wildman–Crippen MR) is 109 cm³/mol. The maximum atomic E-state index is 12.5. The van der Waals surface area contributed by atoms with Crippen LogP contribution in [-0.2, 0) is 9.84 Å². The molecule has 0 atom stereocenters. The number of carbonyl (C=O) groups is 1. The number of carbonyl (C=O) groups excluding carboxylic acids is 1. The van der Waals surface area contributed by atoms with Crippen molar-refractivity contribution in [2.75, 3.05) is 11.1 Å². The lowest BCUT2D eigenvalue weighted by Crippen LogP contribution is -2.12. The van der Waals surface area contributed by atoms with Gasteiger partial charge in [-0.05, 0) is 35.7 Å². The molecule has 1 N–H and O–H groups in total. The zero-order chi connectivity index (χ0) is 19.0. The fourth-order valence-corrected chi connectivity index (χ4v) is 4.63. The van der Waals surface area contributed by atoms with E-state index in [0.717, 1.165) is 21.0 Å². The number of benzene rings is 3. The summed E-state index contributed by atoms with van der Waals surface area (Å²) < 4.78 is 24.7. The van der Waals surface area contributed by atoms with Crippen molar-refractivity contribution in [3.05, 3.63) is 66.2 Å². The Morgan fingerprint density at radius 1 is 1.04 bits per heavy atom. The van der Waals surface area contributed by atoms with Gasteiger partial charge in [-0.15, -0.1) is 0 Å². The molecule has 0 aliphatic heterocycles. The largest absolute Gasteiger partial charge is 0.298 e. The molecular weight excluding hydrogens is 380 g/mol. The minimum atomic E-state index is -3.28. The molecule has 1 amide bonds. The van der Waals surface area contributed by atoms with Crippen LogP contribution in [0.15, 0.2) is 65.6 Å². The minimum Gasteiger partial charge on any atom is -0.298 e. The fourth-order valence-electron chi connectivity index (χ4n) is 2.86. The molecule has 1 heterocycles. The van der Waals surface area contributed by atoms with E-state index in [-0.39, 0.29) is 16.6 Å². The average molecular weight is 396 g/mol. The third kappa shape index (κ3) is 3.31. The first kappa shape index (κ1) is 17.6. The molecule has 5 nitrogen and oxygen atoms in total. The van der Waals surface area contributed by atoms with Crippen LogP contribution in [0.2, 0.25) is 0 Å². The molecule has 0 fully saturated rings. The summed E-state index contributed by atoms with van der Waals surface area (Å²) in [5.41, 5.74) is 1.24. The van der Waals surface area contributed by atoms with Crippen molar-refractivity contribution in [2.24, 2.45) is 0 Å². The van der Waals surface area contributed by atoms with E-state index in [4.69, 9.17) is 0 Å². The normalized spacial score (nSPS) is 11.7. The molecule has 0 bridgehead atoms. The molecule has 0 aliphatic carbocycles. The van der Waals surface area contributed by atoms with Crippen LogP contribution in [0.1, 0.15) is 17.3 Å². The monoisotopic (exact) mass is 396 g/mol. The summed E-state index contributed by atoms with van der Waals surface area (Å²) in [5, 5.41) is 5.45. The maximum absolute atomic E-state index is 12.5. The Morgan fingerprint density at radius 3 is 2.52 bits per heavy atom. The van der Waals surface area contributed by atoms with Gasteiger partial charge in [0.25, 0.3) is 5.91 Å². The van der Waals surface area contributed by atoms with E-state index in [1.54, 1.807) is 6.92 Å². The number of anilines is 1. The van der Waals surface area contributed by atoms with E-state index in [1.165, 1.54) is 35.6 Å². The Kier molecular flexibility index (Phi) is 4.41. The number of amides is 1. The van der Waals surface area contributed by atoms with Gasteiger partial charge in [-0.1, -0.05) is 48.6 Å². The summed E-state index contributed by atoms with van der Waals surface area (Å²) in [7, 11) is -3.28. The molecular formula is C20H16N2O3S2. The second-order valence-corrected chi connectivity index (χ2v) is 9.34. The van der Waals surface area contributed by atoms with Gasteiger partial charge >= 0.3 is 0 Å². The molecule has 4 rings (SSSR count). The van der Waals surface area contributed by atoms with Gasteiger partial charge in [-0.25, -0.2) is 13.4 Å². The molecule has 7 heteroatoms. The van der Waals surface area contributed by atoms with Crippen LogP contribution in [0.4, 0.5) is 5.13 Å². The Morgan fingerprint density at radius 2 is 1.78 bits per heavy atom. The Balaban J connectivity index is 1.62. The third-order valence-corrected chi connectivity index (χ3v) is 7.05. The van der Waals surface area contributed by atoms with Gasteiger partial charge in [0.2, 0.25) is 0 Å². The molecule has 1 aromatic heterocycles. The van der Waals surface area contributed by atoms with Crippen molar-refractivity contribution in [3.63, 3.8) is 0 Å². The molecule has 136 valence electrons. The molecule has 27 heavy (non-hydrogen) atoms. The van der Waals surface area contributed by atoms with E-state index in [1.807, 2.05) is 36.4 Å². The van der Waals surface area contributed by atoms with Crippen molar-refractivity contribution >= 4 is 53.2 Å². The van der Waals surface area contributed by atoms with E-state index < -0.39 is 9.84 Å². The van der Waals surface area contributed by atoms with Crippen LogP contribution in [0.3, 0.4) is 0 Å². The molecule has 0 aliphatic rings. The van der Waals surface area contributed by atoms with Crippen LogP contribution in [0.5, 0.6) is 0 Å². The predicted octanol–water partition coefficient (Wildman–Crippen LogP) is 4.50.